The van der Waals surface area contributed by atoms with Crippen LogP contribution in [0, 0.1) is 5.92 Å². The van der Waals surface area contributed by atoms with Gasteiger partial charge in [-0.1, -0.05) is 0 Å². The monoisotopic (exact) mass is 247 g/mol. The maximum Gasteiger partial charge on any atom is 0.408 e. The molecule has 2 N–H and O–H groups in total. The highest BCUT2D eigenvalue weighted by Crippen LogP contribution is 2.44. The van der Waals surface area contributed by atoms with E-state index in [1.807, 2.05) is 0 Å². The van der Waals surface area contributed by atoms with Gasteiger partial charge >= 0.3 is 12.1 Å². The van der Waals surface area contributed by atoms with Crippen molar-refractivity contribution >= 4 is 12.1 Å². The minimum Gasteiger partial charge on any atom is -0.467 e. The number of esters is 1. The van der Waals surface area contributed by atoms with Gasteiger partial charge in [-0.3, -0.25) is 0 Å². The minimum absolute atomic E-state index is 0.170. The number of carbonyl (C=O) groups excluding carboxylic acids is 2. The fourth-order valence-electron chi connectivity index (χ4n) is 1.57. The fraction of sp³-hybridized carbons (Fsp3) is 0.818. The van der Waals surface area contributed by atoms with Crippen molar-refractivity contribution in [2.75, 3.05) is 13.7 Å². The summed E-state index contributed by atoms with van der Waals surface area (Å²) in [6, 6.07) is 0. The molecule has 6 heteroatoms. The molecule has 6 nitrogen and oxygen atoms in total. The van der Waals surface area contributed by atoms with Crippen molar-refractivity contribution in [2.24, 2.45) is 5.92 Å². The number of methoxy groups -OCH3 is 1. The van der Waals surface area contributed by atoms with E-state index >= 15 is 0 Å². The molecule has 98 valence electrons. The summed E-state index contributed by atoms with van der Waals surface area (Å²) in [6.45, 7) is 3.64. The third-order valence-electron chi connectivity index (χ3n) is 2.47. The molecule has 1 fully saturated rings. The highest BCUT2D eigenvalue weighted by atomic mass is 16.6. The average molecular weight is 247 g/mol. The molecular formula is C11H19NO5. The smallest absolute Gasteiger partial charge is 0.408 e. The highest BCUT2D eigenvalue weighted by Gasteiger charge is 2.62. The Morgan fingerprint density at radius 1 is 1.59 bits per heavy atom. The van der Waals surface area contributed by atoms with Gasteiger partial charge in [0, 0.05) is 12.5 Å². The Bertz CT molecular complexity index is 352. The Morgan fingerprint density at radius 2 is 2.18 bits per heavy atom. The van der Waals surface area contributed by atoms with Crippen LogP contribution in [0.5, 0.6) is 0 Å². The number of carbonyl (C=O) groups is 2. The molecular weight excluding hydrogens is 226 g/mol. The quantitative estimate of drug-likeness (QED) is 0.707. The van der Waals surface area contributed by atoms with Gasteiger partial charge in [-0.2, -0.15) is 0 Å². The number of nitrogens with one attached hydrogen (secondary N) is 1. The number of rotatable bonds is 3. The van der Waals surface area contributed by atoms with E-state index in [4.69, 9.17) is 6.11 Å². The van der Waals surface area contributed by atoms with E-state index in [2.05, 4.69) is 10.1 Å². The standard InChI is InChI=1S/C11H19NO5/c1-10(2,3)17-9(15)12-11(8(14)16-4)5-7(11)6-13/h7,13H,5-6H2,1-4H3,(H,12,15)/i6T. The molecule has 0 radical (unpaired) electrons. The van der Waals surface area contributed by atoms with Crippen molar-refractivity contribution in [1.29, 1.82) is 0 Å². The first-order chi connectivity index (χ1) is 8.12. The van der Waals surface area contributed by atoms with Crippen LogP contribution in [0.15, 0.2) is 0 Å². The summed E-state index contributed by atoms with van der Waals surface area (Å²) >= 11 is 0. The first-order valence-corrected chi connectivity index (χ1v) is 5.32. The van der Waals surface area contributed by atoms with Crippen molar-refractivity contribution in [2.45, 2.75) is 38.3 Å². The van der Waals surface area contributed by atoms with Crippen LogP contribution >= 0.6 is 0 Å². The van der Waals surface area contributed by atoms with Crippen LogP contribution in [-0.4, -0.2) is 42.0 Å². The van der Waals surface area contributed by atoms with Gasteiger partial charge in [-0.05, 0) is 27.2 Å². The third-order valence-corrected chi connectivity index (χ3v) is 2.47. The number of ether oxygens (including phenoxy) is 2. The molecule has 0 heterocycles. The van der Waals surface area contributed by atoms with E-state index < -0.39 is 35.7 Å². The number of aliphatic hydroxyl groups is 1. The van der Waals surface area contributed by atoms with Gasteiger partial charge < -0.3 is 19.9 Å². The lowest BCUT2D eigenvalue weighted by Crippen LogP contribution is -2.47. The Kier molecular flexibility index (Phi) is 3.24. The van der Waals surface area contributed by atoms with Crippen LogP contribution in [0.4, 0.5) is 4.79 Å². The largest absolute Gasteiger partial charge is 0.467 e. The molecule has 1 rings (SSSR count). The normalized spacial score (nSPS) is 29.9. The summed E-state index contributed by atoms with van der Waals surface area (Å²) < 4.78 is 16.8. The predicted octanol–water partition coefficient (Wildman–Crippen LogP) is 0.435. The lowest BCUT2D eigenvalue weighted by Gasteiger charge is -2.22. The fourth-order valence-corrected chi connectivity index (χ4v) is 1.57. The van der Waals surface area contributed by atoms with Crippen molar-refractivity contribution in [1.82, 2.24) is 5.32 Å². The van der Waals surface area contributed by atoms with Gasteiger partial charge in [-0.25, -0.2) is 9.59 Å². The zero-order chi connectivity index (χ0) is 14.1. The van der Waals surface area contributed by atoms with E-state index in [1.165, 1.54) is 7.11 Å². The zero-order valence-electron chi connectivity index (χ0n) is 11.4. The summed E-state index contributed by atoms with van der Waals surface area (Å²) in [5, 5.41) is 11.6. The molecule has 1 aliphatic rings. The number of amides is 1. The van der Waals surface area contributed by atoms with Gasteiger partial charge in [0.2, 0.25) is 0 Å². The Hall–Kier alpha value is -1.30. The molecule has 0 aromatic carbocycles. The van der Waals surface area contributed by atoms with Crippen LogP contribution in [-0.2, 0) is 14.3 Å². The second-order valence-electron chi connectivity index (χ2n) is 5.05. The van der Waals surface area contributed by atoms with E-state index in [0.717, 1.165) is 0 Å². The zero-order valence-corrected chi connectivity index (χ0v) is 10.4. The first-order valence-electron chi connectivity index (χ1n) is 5.90. The summed E-state index contributed by atoms with van der Waals surface area (Å²) in [5.41, 5.74) is -2.02. The van der Waals surface area contributed by atoms with Crippen molar-refractivity contribution in [3.8, 4) is 0 Å². The van der Waals surface area contributed by atoms with Crippen molar-refractivity contribution in [3.05, 3.63) is 0 Å². The molecule has 0 spiro atoms. The van der Waals surface area contributed by atoms with Gasteiger partial charge in [-0.15, -0.1) is 0 Å². The van der Waals surface area contributed by atoms with E-state index in [-0.39, 0.29) is 6.42 Å². The van der Waals surface area contributed by atoms with Crippen LogP contribution in [0.25, 0.3) is 0 Å². The predicted molar refractivity (Wildman–Crippen MR) is 59.3 cm³/mol. The van der Waals surface area contributed by atoms with Crippen LogP contribution in [0.1, 0.15) is 28.6 Å². The molecule has 1 saturated carbocycles. The second kappa shape index (κ2) is 4.52. The Morgan fingerprint density at radius 3 is 2.53 bits per heavy atom. The van der Waals surface area contributed by atoms with Crippen LogP contribution in [0.2, 0.25) is 0 Å². The molecule has 0 aromatic rings. The lowest BCUT2D eigenvalue weighted by molar-refractivity contribution is -0.145. The van der Waals surface area contributed by atoms with Crippen molar-refractivity contribution < 1.29 is 25.5 Å². The molecule has 1 aliphatic carbocycles. The SMILES string of the molecule is [3H]C(O)C1CC1(NC(=O)OC(C)(C)C)C(=O)OC. The number of hydrogen-bond acceptors (Lipinski definition) is 5. The summed E-state index contributed by atoms with van der Waals surface area (Å²) in [7, 11) is 1.19. The van der Waals surface area contributed by atoms with Gasteiger partial charge in [0.25, 0.3) is 0 Å². The molecule has 3 atom stereocenters. The maximum absolute atomic E-state index is 11.6. The maximum atomic E-state index is 11.6. The molecule has 1 amide bonds. The molecule has 0 saturated heterocycles. The molecule has 17 heavy (non-hydrogen) atoms. The molecule has 3 unspecified atom stereocenters. The summed E-state index contributed by atoms with van der Waals surface area (Å²) in [4.78, 5) is 23.2. The number of alkyl carbamates (subject to hydrolysis) is 1. The topological polar surface area (TPSA) is 84.9 Å². The molecule has 0 aliphatic heterocycles. The van der Waals surface area contributed by atoms with E-state index in [9.17, 15) is 14.7 Å². The van der Waals surface area contributed by atoms with Crippen molar-refractivity contribution in [3.63, 3.8) is 0 Å². The van der Waals surface area contributed by atoms with Gasteiger partial charge in [0.1, 0.15) is 11.1 Å². The molecule has 0 bridgehead atoms. The van der Waals surface area contributed by atoms with E-state index in [0.29, 0.717) is 0 Å². The van der Waals surface area contributed by atoms with E-state index in [1.54, 1.807) is 20.8 Å². The molecule has 0 aromatic heterocycles. The van der Waals surface area contributed by atoms with Gasteiger partial charge in [0.05, 0.1) is 8.48 Å². The number of hydrogen-bond donors (Lipinski definition) is 2. The van der Waals surface area contributed by atoms with Gasteiger partial charge in [0.15, 0.2) is 0 Å². The summed E-state index contributed by atoms with van der Waals surface area (Å²) in [6.07, 6.45) is -0.597. The average Bonchev–Trinajstić information content (AvgIpc) is 2.89. The summed E-state index contributed by atoms with van der Waals surface area (Å²) in [5.74, 6) is -1.35. The Balaban J connectivity index is 2.72. The third kappa shape index (κ3) is 3.09. The van der Waals surface area contributed by atoms with Crippen LogP contribution in [0.3, 0.4) is 0 Å². The highest BCUT2D eigenvalue weighted by molar-refractivity contribution is 5.89. The second-order valence-corrected chi connectivity index (χ2v) is 5.05. The lowest BCUT2D eigenvalue weighted by atomic mass is 10.2. The Labute approximate surface area is 102 Å². The first kappa shape index (κ1) is 12.2. The number of aliphatic hydroxyl groups excluding tert-OH is 1. The van der Waals surface area contributed by atoms with Crippen LogP contribution < -0.4 is 5.32 Å². The minimum atomic E-state index is -1.45.